The van der Waals surface area contributed by atoms with Crippen LogP contribution in [0.1, 0.15) is 32.8 Å². The van der Waals surface area contributed by atoms with Crippen molar-refractivity contribution in [2.45, 2.75) is 34.1 Å². The molecule has 0 aliphatic rings. The van der Waals surface area contributed by atoms with Gasteiger partial charge in [-0.2, -0.15) is 0 Å². The third-order valence-electron chi connectivity index (χ3n) is 2.01. The van der Waals surface area contributed by atoms with Crippen LogP contribution in [0.4, 0.5) is 0 Å². The fraction of sp³-hybridized carbons (Fsp3) is 0.333. The maximum Gasteiger partial charge on any atom is -0.0376 e. The lowest BCUT2D eigenvalue weighted by atomic mass is 10.2. The van der Waals surface area contributed by atoms with Gasteiger partial charge in [-0.15, -0.1) is 0 Å². The van der Waals surface area contributed by atoms with Gasteiger partial charge in [0.1, 0.15) is 0 Å². The lowest BCUT2D eigenvalue weighted by molar-refractivity contribution is 1.22. The van der Waals surface area contributed by atoms with Crippen molar-refractivity contribution in [3.8, 4) is 0 Å². The van der Waals surface area contributed by atoms with E-state index in [1.54, 1.807) is 0 Å². The highest BCUT2D eigenvalue weighted by Gasteiger charge is 1.72. The van der Waals surface area contributed by atoms with Crippen LogP contribution in [0.3, 0.4) is 0 Å². The molecule has 15 heavy (non-hydrogen) atoms. The van der Waals surface area contributed by atoms with Crippen LogP contribution in [0.25, 0.3) is 0 Å². The van der Waals surface area contributed by atoms with Gasteiger partial charge in [0.25, 0.3) is 0 Å². The minimum absolute atomic E-state index is 1.13. The van der Waals surface area contributed by atoms with Crippen molar-refractivity contribution in [3.63, 3.8) is 0 Å². The molecule has 0 aliphatic heterocycles. The molecule has 0 atom stereocenters. The van der Waals surface area contributed by atoms with Crippen LogP contribution in [0.15, 0.2) is 54.1 Å². The van der Waals surface area contributed by atoms with Crippen molar-refractivity contribution in [1.29, 1.82) is 0 Å². The van der Waals surface area contributed by atoms with E-state index >= 15 is 0 Å². The largest absolute Gasteiger partial charge is 0.0847 e. The second kappa shape index (κ2) is 9.26. The zero-order chi connectivity index (χ0) is 11.5. The number of hydrogen-bond acceptors (Lipinski definition) is 0. The number of aryl methyl sites for hydroxylation is 1. The minimum Gasteiger partial charge on any atom is -0.0847 e. The first-order chi connectivity index (χ1) is 7.20. The summed E-state index contributed by atoms with van der Waals surface area (Å²) in [5.41, 5.74) is 2.66. The minimum atomic E-state index is 1.13. The van der Waals surface area contributed by atoms with Gasteiger partial charge in [-0.25, -0.2) is 0 Å². The molecular formula is C15H22. The second-order valence-corrected chi connectivity index (χ2v) is 3.50. The Labute approximate surface area is 94.3 Å². The van der Waals surface area contributed by atoms with Crippen LogP contribution in [0.2, 0.25) is 0 Å². The molecule has 0 radical (unpaired) electrons. The summed E-state index contributed by atoms with van der Waals surface area (Å²) in [5.74, 6) is 0. The van der Waals surface area contributed by atoms with E-state index in [2.05, 4.69) is 58.1 Å². The van der Waals surface area contributed by atoms with E-state index in [-0.39, 0.29) is 0 Å². The van der Waals surface area contributed by atoms with E-state index in [4.69, 9.17) is 0 Å². The number of hydrogen-bond donors (Lipinski definition) is 0. The van der Waals surface area contributed by atoms with Gasteiger partial charge in [-0.3, -0.25) is 0 Å². The quantitative estimate of drug-likeness (QED) is 0.597. The monoisotopic (exact) mass is 202 g/mol. The summed E-state index contributed by atoms with van der Waals surface area (Å²) < 4.78 is 0. The summed E-state index contributed by atoms with van der Waals surface area (Å²) >= 11 is 0. The highest BCUT2D eigenvalue weighted by molar-refractivity contribution is 5.14. The molecule has 1 rings (SSSR count). The number of rotatable bonds is 2. The van der Waals surface area contributed by atoms with Gasteiger partial charge in [0.2, 0.25) is 0 Å². The molecule has 0 aliphatic carbocycles. The highest BCUT2D eigenvalue weighted by atomic mass is 13.8. The number of allylic oxidation sites excluding steroid dienone is 4. The van der Waals surface area contributed by atoms with Crippen LogP contribution < -0.4 is 0 Å². The SMILES string of the molecule is C/C=C(C)\C=C/CC.Cc1ccccc1. The lowest BCUT2D eigenvalue weighted by Gasteiger charge is -1.84. The van der Waals surface area contributed by atoms with Crippen molar-refractivity contribution >= 4 is 0 Å². The Morgan fingerprint density at radius 1 is 1.20 bits per heavy atom. The van der Waals surface area contributed by atoms with E-state index < -0.39 is 0 Å². The topological polar surface area (TPSA) is 0 Å². The van der Waals surface area contributed by atoms with Crippen LogP contribution in [0.5, 0.6) is 0 Å². The third kappa shape index (κ3) is 9.01. The van der Waals surface area contributed by atoms with E-state index in [0.29, 0.717) is 0 Å². The van der Waals surface area contributed by atoms with E-state index in [0.717, 1.165) is 6.42 Å². The van der Waals surface area contributed by atoms with Gasteiger partial charge >= 0.3 is 0 Å². The molecular weight excluding hydrogens is 180 g/mol. The first-order valence-corrected chi connectivity index (χ1v) is 5.51. The van der Waals surface area contributed by atoms with Gasteiger partial charge < -0.3 is 0 Å². The molecule has 0 spiro atoms. The van der Waals surface area contributed by atoms with Crippen molar-refractivity contribution < 1.29 is 0 Å². The van der Waals surface area contributed by atoms with Crippen LogP contribution in [-0.2, 0) is 0 Å². The summed E-state index contributed by atoms with van der Waals surface area (Å²) in [7, 11) is 0. The van der Waals surface area contributed by atoms with Crippen LogP contribution in [-0.4, -0.2) is 0 Å². The Balaban J connectivity index is 0.000000262. The summed E-state index contributed by atoms with van der Waals surface area (Å²) in [4.78, 5) is 0. The van der Waals surface area contributed by atoms with Crippen molar-refractivity contribution in [3.05, 3.63) is 59.7 Å². The van der Waals surface area contributed by atoms with Gasteiger partial charge in [0, 0.05) is 0 Å². The Morgan fingerprint density at radius 2 is 1.80 bits per heavy atom. The molecule has 1 aromatic rings. The first-order valence-electron chi connectivity index (χ1n) is 5.51. The standard InChI is InChI=1S/C8H14.C7H8/c1-4-6-7-8(3)5-2;1-7-5-3-2-4-6-7/h5-7H,4H2,1-3H3;2-6H,1H3/b7-6-,8-5-;. The maximum atomic E-state index is 2.16. The molecule has 0 unspecified atom stereocenters. The van der Waals surface area contributed by atoms with E-state index in [9.17, 15) is 0 Å². The fourth-order valence-corrected chi connectivity index (χ4v) is 0.934. The molecule has 0 saturated carbocycles. The molecule has 0 saturated heterocycles. The van der Waals surface area contributed by atoms with Gasteiger partial charge in [0.15, 0.2) is 0 Å². The predicted octanol–water partition coefficient (Wildman–Crippen LogP) is 4.91. The summed E-state index contributed by atoms with van der Waals surface area (Å²) in [6.45, 7) is 8.38. The normalized spacial score (nSPS) is 11.1. The predicted molar refractivity (Wildman–Crippen MR) is 70.0 cm³/mol. The molecule has 1 aromatic carbocycles. The van der Waals surface area contributed by atoms with Crippen molar-refractivity contribution in [2.24, 2.45) is 0 Å². The lowest BCUT2D eigenvalue weighted by Crippen LogP contribution is -1.62. The van der Waals surface area contributed by atoms with E-state index in [1.807, 2.05) is 18.2 Å². The molecule has 82 valence electrons. The average molecular weight is 202 g/mol. The Morgan fingerprint density at radius 3 is 2.13 bits per heavy atom. The zero-order valence-corrected chi connectivity index (χ0v) is 10.3. The third-order valence-corrected chi connectivity index (χ3v) is 2.01. The van der Waals surface area contributed by atoms with Gasteiger partial charge in [-0.1, -0.05) is 66.6 Å². The maximum absolute atomic E-state index is 2.16. The average Bonchev–Trinajstić information content (AvgIpc) is 2.28. The van der Waals surface area contributed by atoms with Gasteiger partial charge in [0.05, 0.1) is 0 Å². The van der Waals surface area contributed by atoms with E-state index in [1.165, 1.54) is 11.1 Å². The molecule has 0 heteroatoms. The smallest absolute Gasteiger partial charge is 0.0376 e. The molecule has 0 amide bonds. The molecule has 0 N–H and O–H groups in total. The second-order valence-electron chi connectivity index (χ2n) is 3.50. The molecule has 0 bridgehead atoms. The summed E-state index contributed by atoms with van der Waals surface area (Å²) in [6, 6.07) is 10.3. The van der Waals surface area contributed by atoms with Crippen LogP contribution >= 0.6 is 0 Å². The molecule has 0 heterocycles. The molecule has 0 aromatic heterocycles. The Kier molecular flexibility index (Phi) is 8.46. The Hall–Kier alpha value is -1.30. The van der Waals surface area contributed by atoms with Gasteiger partial charge in [-0.05, 0) is 27.2 Å². The molecule has 0 nitrogen and oxygen atoms in total. The van der Waals surface area contributed by atoms with Crippen molar-refractivity contribution in [2.75, 3.05) is 0 Å². The number of benzene rings is 1. The summed E-state index contributed by atoms with van der Waals surface area (Å²) in [5, 5.41) is 0. The van der Waals surface area contributed by atoms with Crippen LogP contribution in [0, 0.1) is 6.92 Å². The highest BCUT2D eigenvalue weighted by Crippen LogP contribution is 1.93. The molecule has 0 fully saturated rings. The van der Waals surface area contributed by atoms with Crippen molar-refractivity contribution in [1.82, 2.24) is 0 Å². The fourth-order valence-electron chi connectivity index (χ4n) is 0.934. The first kappa shape index (κ1) is 13.7. The Bertz CT molecular complexity index is 291. The summed E-state index contributed by atoms with van der Waals surface area (Å²) in [6.07, 6.45) is 7.53. The zero-order valence-electron chi connectivity index (χ0n) is 10.3.